The summed E-state index contributed by atoms with van der Waals surface area (Å²) in [4.78, 5) is 10.4. The van der Waals surface area contributed by atoms with E-state index in [1.54, 1.807) is 6.92 Å². The fourth-order valence-corrected chi connectivity index (χ4v) is 1.47. The maximum Gasteiger partial charge on any atom is 1.00 e. The van der Waals surface area contributed by atoms with Crippen LogP contribution in [0.3, 0.4) is 0 Å². The monoisotopic (exact) mass is 195 g/mol. The van der Waals surface area contributed by atoms with Crippen molar-refractivity contribution in [1.82, 2.24) is 5.32 Å². The molecule has 0 aliphatic carbocycles. The Balaban J connectivity index is 0.00000121. The van der Waals surface area contributed by atoms with E-state index in [0.29, 0.717) is 0 Å². The van der Waals surface area contributed by atoms with Crippen LogP contribution in [0.15, 0.2) is 0 Å². The third-order valence-corrected chi connectivity index (χ3v) is 2.32. The summed E-state index contributed by atoms with van der Waals surface area (Å²) in [6, 6.07) is 0.133. The van der Waals surface area contributed by atoms with E-state index < -0.39 is 5.97 Å². The van der Waals surface area contributed by atoms with Crippen molar-refractivity contribution in [3.63, 3.8) is 0 Å². The van der Waals surface area contributed by atoms with Crippen LogP contribution < -0.4 is 61.8 Å². The summed E-state index contributed by atoms with van der Waals surface area (Å²) in [5.74, 6) is -1.29. The van der Waals surface area contributed by atoms with Gasteiger partial charge in [-0.2, -0.15) is 0 Å². The number of piperidine rings is 1. The molecule has 0 spiro atoms. The van der Waals surface area contributed by atoms with Gasteiger partial charge in [-0.3, -0.25) is 0 Å². The third kappa shape index (κ3) is 3.85. The SMILES string of the molecule is CC(C(=O)[O-])C1CCCCN1.[K+]. The number of rotatable bonds is 2. The largest absolute Gasteiger partial charge is 1.00 e. The Bertz CT molecular complexity index is 146. The quantitative estimate of drug-likeness (QED) is 0.466. The molecule has 0 aromatic rings. The van der Waals surface area contributed by atoms with E-state index in [1.165, 1.54) is 0 Å². The summed E-state index contributed by atoms with van der Waals surface area (Å²) >= 11 is 0. The average Bonchev–Trinajstić information content (AvgIpc) is 2.05. The van der Waals surface area contributed by atoms with Gasteiger partial charge in [0.05, 0.1) is 0 Å². The van der Waals surface area contributed by atoms with Gasteiger partial charge in [-0.1, -0.05) is 13.3 Å². The molecule has 3 nitrogen and oxygen atoms in total. The molecule has 4 heteroatoms. The number of carbonyl (C=O) groups excluding carboxylic acids is 1. The van der Waals surface area contributed by atoms with Crippen molar-refractivity contribution < 1.29 is 61.3 Å². The molecule has 0 aromatic carbocycles. The Labute approximate surface area is 116 Å². The molecule has 0 bridgehead atoms. The Morgan fingerprint density at radius 1 is 1.58 bits per heavy atom. The Morgan fingerprint density at radius 2 is 2.25 bits per heavy atom. The van der Waals surface area contributed by atoms with E-state index in [2.05, 4.69) is 5.32 Å². The molecule has 0 aromatic heterocycles. The normalized spacial score (nSPS) is 25.6. The Hall–Kier alpha value is 1.07. The zero-order valence-corrected chi connectivity index (χ0v) is 10.9. The van der Waals surface area contributed by atoms with Crippen LogP contribution in [0, 0.1) is 5.92 Å². The zero-order valence-electron chi connectivity index (χ0n) is 7.80. The fourth-order valence-electron chi connectivity index (χ4n) is 1.47. The molecule has 1 fully saturated rings. The topological polar surface area (TPSA) is 52.2 Å². The standard InChI is InChI=1S/C8H15NO2.K/c1-6(8(10)11)7-4-2-3-5-9-7;/h6-7,9H,2-5H2,1H3,(H,10,11);/q;+1/p-1. The van der Waals surface area contributed by atoms with Crippen LogP contribution in [0.4, 0.5) is 0 Å². The van der Waals surface area contributed by atoms with Gasteiger partial charge in [0, 0.05) is 17.9 Å². The summed E-state index contributed by atoms with van der Waals surface area (Å²) in [6.07, 6.45) is 3.26. The number of aliphatic carboxylic acids is 1. The van der Waals surface area contributed by atoms with Gasteiger partial charge in [0.2, 0.25) is 0 Å². The van der Waals surface area contributed by atoms with Crippen LogP contribution in [0.25, 0.3) is 0 Å². The number of carboxylic acid groups (broad SMARTS) is 1. The molecule has 0 saturated carbocycles. The third-order valence-electron chi connectivity index (χ3n) is 2.32. The maximum atomic E-state index is 10.4. The first-order valence-corrected chi connectivity index (χ1v) is 4.16. The molecule has 0 radical (unpaired) electrons. The van der Waals surface area contributed by atoms with E-state index in [4.69, 9.17) is 0 Å². The molecule has 1 aliphatic heterocycles. The van der Waals surface area contributed by atoms with Crippen molar-refractivity contribution >= 4 is 5.97 Å². The summed E-state index contributed by atoms with van der Waals surface area (Å²) in [6.45, 7) is 2.65. The van der Waals surface area contributed by atoms with Crippen molar-refractivity contribution in [3.05, 3.63) is 0 Å². The molecule has 1 aliphatic rings. The van der Waals surface area contributed by atoms with Gasteiger partial charge in [0.15, 0.2) is 0 Å². The van der Waals surface area contributed by atoms with Crippen molar-refractivity contribution in [2.45, 2.75) is 32.2 Å². The molecule has 2 unspecified atom stereocenters. The number of nitrogens with one attached hydrogen (secondary N) is 1. The predicted octanol–water partition coefficient (Wildman–Crippen LogP) is -3.48. The molecule has 2 atom stereocenters. The second-order valence-corrected chi connectivity index (χ2v) is 3.16. The molecule has 1 N–H and O–H groups in total. The Kier molecular flexibility index (Phi) is 7.09. The minimum atomic E-state index is -0.940. The second-order valence-electron chi connectivity index (χ2n) is 3.16. The first-order valence-electron chi connectivity index (χ1n) is 4.16. The summed E-state index contributed by atoms with van der Waals surface area (Å²) in [5, 5.41) is 13.6. The van der Waals surface area contributed by atoms with E-state index in [9.17, 15) is 9.90 Å². The van der Waals surface area contributed by atoms with Gasteiger partial charge in [-0.15, -0.1) is 0 Å². The van der Waals surface area contributed by atoms with Crippen LogP contribution in [0.5, 0.6) is 0 Å². The van der Waals surface area contributed by atoms with E-state index in [1.807, 2.05) is 0 Å². The summed E-state index contributed by atoms with van der Waals surface area (Å²) < 4.78 is 0. The number of hydrogen-bond acceptors (Lipinski definition) is 3. The fraction of sp³-hybridized carbons (Fsp3) is 0.875. The van der Waals surface area contributed by atoms with Crippen LogP contribution in [0.1, 0.15) is 26.2 Å². The van der Waals surface area contributed by atoms with Gasteiger partial charge >= 0.3 is 51.4 Å². The molecule has 12 heavy (non-hydrogen) atoms. The summed E-state index contributed by atoms with van der Waals surface area (Å²) in [5.41, 5.74) is 0. The summed E-state index contributed by atoms with van der Waals surface area (Å²) in [7, 11) is 0. The first-order chi connectivity index (χ1) is 5.22. The van der Waals surface area contributed by atoms with Crippen molar-refractivity contribution in [3.8, 4) is 0 Å². The molecule has 0 amide bonds. The molecular weight excluding hydrogens is 181 g/mol. The van der Waals surface area contributed by atoms with Crippen LogP contribution in [-0.2, 0) is 4.79 Å². The minimum absolute atomic E-state index is 0. The number of carboxylic acids is 1. The molecule has 1 heterocycles. The molecule has 1 saturated heterocycles. The van der Waals surface area contributed by atoms with Gasteiger partial charge in [-0.05, 0) is 19.4 Å². The van der Waals surface area contributed by atoms with E-state index >= 15 is 0 Å². The van der Waals surface area contributed by atoms with Gasteiger partial charge in [0.25, 0.3) is 0 Å². The van der Waals surface area contributed by atoms with Gasteiger partial charge < -0.3 is 15.2 Å². The second kappa shape index (κ2) is 6.51. The minimum Gasteiger partial charge on any atom is -0.550 e. The van der Waals surface area contributed by atoms with Crippen LogP contribution in [-0.4, -0.2) is 18.6 Å². The van der Waals surface area contributed by atoms with E-state index in [-0.39, 0.29) is 63.3 Å². The molecule has 64 valence electrons. The first kappa shape index (κ1) is 13.1. The average molecular weight is 195 g/mol. The van der Waals surface area contributed by atoms with Gasteiger partial charge in [-0.25, -0.2) is 0 Å². The number of hydrogen-bond donors (Lipinski definition) is 1. The molecular formula is C8H14KNO2. The zero-order chi connectivity index (χ0) is 8.27. The van der Waals surface area contributed by atoms with E-state index in [0.717, 1.165) is 25.8 Å². The van der Waals surface area contributed by atoms with Crippen LogP contribution in [0.2, 0.25) is 0 Å². The van der Waals surface area contributed by atoms with Crippen molar-refractivity contribution in [2.24, 2.45) is 5.92 Å². The van der Waals surface area contributed by atoms with Gasteiger partial charge in [0.1, 0.15) is 0 Å². The van der Waals surface area contributed by atoms with Crippen molar-refractivity contribution in [2.75, 3.05) is 6.54 Å². The maximum absolute atomic E-state index is 10.4. The smallest absolute Gasteiger partial charge is 0.550 e. The van der Waals surface area contributed by atoms with Crippen LogP contribution >= 0.6 is 0 Å². The predicted molar refractivity (Wildman–Crippen MR) is 39.8 cm³/mol. The molecule has 1 rings (SSSR count). The number of carbonyl (C=O) groups is 1. The Morgan fingerprint density at radius 3 is 2.67 bits per heavy atom. The van der Waals surface area contributed by atoms with Crippen molar-refractivity contribution in [1.29, 1.82) is 0 Å².